The Morgan fingerprint density at radius 1 is 1.17 bits per heavy atom. The lowest BCUT2D eigenvalue weighted by Gasteiger charge is -2.25. The molecule has 0 fully saturated rings. The number of ether oxygens (including phenoxy) is 2. The minimum Gasteiger partial charge on any atom is -0.508 e. The standard InChI is InChI=1S/C21H20INO7/c1-2-29-17(10-11-18(25)26)19(15-12-14(22)8-9-16(15)24)30-21(28)23-20(27)13-6-4-3-5-7-13/h3-12,17,19,24H,2H2,1H3,(H,25,26)(H,23,27,28)/b11-10+/t17-,19-/m1/s1. The van der Waals surface area contributed by atoms with Crippen LogP contribution in [0.3, 0.4) is 0 Å². The van der Waals surface area contributed by atoms with E-state index in [0.29, 0.717) is 0 Å². The quantitative estimate of drug-likeness (QED) is 0.355. The van der Waals surface area contributed by atoms with Crippen LogP contribution in [0.1, 0.15) is 28.9 Å². The molecule has 9 heteroatoms. The van der Waals surface area contributed by atoms with Crippen LogP contribution in [0.4, 0.5) is 4.79 Å². The molecule has 0 saturated heterocycles. The van der Waals surface area contributed by atoms with Crippen molar-refractivity contribution < 1.29 is 34.1 Å². The van der Waals surface area contributed by atoms with Crippen molar-refractivity contribution in [3.63, 3.8) is 0 Å². The molecule has 8 nitrogen and oxygen atoms in total. The highest BCUT2D eigenvalue weighted by molar-refractivity contribution is 14.1. The van der Waals surface area contributed by atoms with E-state index in [1.807, 2.05) is 22.6 Å². The van der Waals surface area contributed by atoms with Crippen LogP contribution in [-0.4, -0.2) is 40.9 Å². The fourth-order valence-corrected chi connectivity index (χ4v) is 3.09. The van der Waals surface area contributed by atoms with Crippen LogP contribution in [0.5, 0.6) is 5.75 Å². The molecule has 0 saturated carbocycles. The van der Waals surface area contributed by atoms with Crippen LogP contribution in [0.15, 0.2) is 60.7 Å². The third-order valence-electron chi connectivity index (χ3n) is 3.87. The first-order chi connectivity index (χ1) is 14.3. The van der Waals surface area contributed by atoms with E-state index >= 15 is 0 Å². The molecule has 2 rings (SSSR count). The number of aromatic hydroxyl groups is 1. The summed E-state index contributed by atoms with van der Waals surface area (Å²) in [7, 11) is 0. The highest BCUT2D eigenvalue weighted by Gasteiger charge is 2.29. The lowest BCUT2D eigenvalue weighted by atomic mass is 10.0. The first-order valence-corrected chi connectivity index (χ1v) is 9.97. The fourth-order valence-electron chi connectivity index (χ4n) is 2.57. The zero-order valence-electron chi connectivity index (χ0n) is 15.9. The number of carboxylic acid groups (broad SMARTS) is 1. The molecule has 158 valence electrons. The van der Waals surface area contributed by atoms with Gasteiger partial charge in [-0.2, -0.15) is 0 Å². The Labute approximate surface area is 186 Å². The minimum atomic E-state index is -1.21. The van der Waals surface area contributed by atoms with Gasteiger partial charge in [-0.1, -0.05) is 18.2 Å². The zero-order chi connectivity index (χ0) is 22.1. The second kappa shape index (κ2) is 11.3. The van der Waals surface area contributed by atoms with Crippen LogP contribution < -0.4 is 5.32 Å². The summed E-state index contributed by atoms with van der Waals surface area (Å²) in [6.45, 7) is 1.87. The summed E-state index contributed by atoms with van der Waals surface area (Å²) >= 11 is 2.02. The molecule has 3 N–H and O–H groups in total. The number of rotatable bonds is 8. The van der Waals surface area contributed by atoms with E-state index in [0.717, 1.165) is 9.65 Å². The Hall–Kier alpha value is -2.92. The van der Waals surface area contributed by atoms with Crippen LogP contribution >= 0.6 is 22.6 Å². The lowest BCUT2D eigenvalue weighted by molar-refractivity contribution is -0.131. The van der Waals surface area contributed by atoms with Gasteiger partial charge in [0.2, 0.25) is 0 Å². The van der Waals surface area contributed by atoms with Crippen molar-refractivity contribution in [1.82, 2.24) is 5.32 Å². The smallest absolute Gasteiger partial charge is 0.414 e. The molecule has 0 unspecified atom stereocenters. The molecule has 0 aliphatic rings. The van der Waals surface area contributed by atoms with Crippen molar-refractivity contribution in [2.24, 2.45) is 0 Å². The van der Waals surface area contributed by atoms with E-state index in [9.17, 15) is 19.5 Å². The summed E-state index contributed by atoms with van der Waals surface area (Å²) in [5.41, 5.74) is 0.466. The number of carboxylic acids is 1. The number of benzene rings is 2. The van der Waals surface area contributed by atoms with E-state index in [2.05, 4.69) is 5.32 Å². The Balaban J connectivity index is 2.32. The molecule has 0 bridgehead atoms. The van der Waals surface area contributed by atoms with Crippen molar-refractivity contribution >= 4 is 40.6 Å². The van der Waals surface area contributed by atoms with Crippen LogP contribution in [0.25, 0.3) is 0 Å². The maximum absolute atomic E-state index is 12.4. The third-order valence-corrected chi connectivity index (χ3v) is 4.54. The number of aliphatic carboxylic acids is 1. The summed E-state index contributed by atoms with van der Waals surface area (Å²) in [6, 6.07) is 12.7. The number of alkyl carbamates (subject to hydrolysis) is 1. The van der Waals surface area contributed by atoms with Gasteiger partial charge < -0.3 is 19.7 Å². The Morgan fingerprint density at radius 3 is 2.50 bits per heavy atom. The number of phenols is 1. The number of hydrogen-bond donors (Lipinski definition) is 3. The number of phenolic OH excluding ortho intramolecular Hbond substituents is 1. The molecule has 0 spiro atoms. The molecule has 0 heterocycles. The largest absolute Gasteiger partial charge is 0.508 e. The summed E-state index contributed by atoms with van der Waals surface area (Å²) in [6.07, 6.45) is -1.23. The number of nitrogens with one attached hydrogen (secondary N) is 1. The van der Waals surface area contributed by atoms with Gasteiger partial charge in [-0.3, -0.25) is 10.1 Å². The van der Waals surface area contributed by atoms with Gasteiger partial charge in [0.05, 0.1) is 0 Å². The molecule has 2 aromatic carbocycles. The fraction of sp³-hybridized carbons (Fsp3) is 0.190. The average molecular weight is 525 g/mol. The summed E-state index contributed by atoms with van der Waals surface area (Å²) in [5, 5.41) is 21.4. The zero-order valence-corrected chi connectivity index (χ0v) is 18.1. The second-order valence-electron chi connectivity index (χ2n) is 5.97. The molecule has 30 heavy (non-hydrogen) atoms. The van der Waals surface area contributed by atoms with Crippen molar-refractivity contribution in [1.29, 1.82) is 0 Å². The number of hydrogen-bond acceptors (Lipinski definition) is 6. The summed E-state index contributed by atoms with van der Waals surface area (Å²) in [5.74, 6) is -2.05. The monoisotopic (exact) mass is 525 g/mol. The molecule has 2 aromatic rings. The van der Waals surface area contributed by atoms with Gasteiger partial charge in [0.1, 0.15) is 11.9 Å². The van der Waals surface area contributed by atoms with Crippen LogP contribution in [0.2, 0.25) is 0 Å². The van der Waals surface area contributed by atoms with Gasteiger partial charge in [0, 0.05) is 27.4 Å². The molecule has 0 aromatic heterocycles. The van der Waals surface area contributed by atoms with Gasteiger partial charge in [-0.25, -0.2) is 9.59 Å². The first-order valence-electron chi connectivity index (χ1n) is 8.90. The molecule has 0 aliphatic heterocycles. The number of imide groups is 1. The van der Waals surface area contributed by atoms with Crippen molar-refractivity contribution in [2.75, 3.05) is 6.61 Å². The Morgan fingerprint density at radius 2 is 1.87 bits per heavy atom. The number of amides is 2. The van der Waals surface area contributed by atoms with Gasteiger partial charge in [0.25, 0.3) is 5.91 Å². The Bertz CT molecular complexity index is 930. The average Bonchev–Trinajstić information content (AvgIpc) is 2.72. The van der Waals surface area contributed by atoms with E-state index in [1.54, 1.807) is 37.3 Å². The van der Waals surface area contributed by atoms with E-state index in [1.165, 1.54) is 24.3 Å². The van der Waals surface area contributed by atoms with Crippen molar-refractivity contribution in [3.8, 4) is 5.75 Å². The lowest BCUT2D eigenvalue weighted by Crippen LogP contribution is -2.35. The summed E-state index contributed by atoms with van der Waals surface area (Å²) in [4.78, 5) is 35.6. The van der Waals surface area contributed by atoms with E-state index in [4.69, 9.17) is 14.6 Å². The molecular weight excluding hydrogens is 505 g/mol. The summed E-state index contributed by atoms with van der Waals surface area (Å²) < 4.78 is 11.7. The third kappa shape index (κ3) is 6.85. The van der Waals surface area contributed by atoms with Gasteiger partial charge in [0.15, 0.2) is 6.10 Å². The van der Waals surface area contributed by atoms with Crippen LogP contribution in [0, 0.1) is 3.57 Å². The normalized spacial score (nSPS) is 12.9. The van der Waals surface area contributed by atoms with Crippen molar-refractivity contribution in [2.45, 2.75) is 19.1 Å². The number of carbonyl (C=O) groups is 3. The maximum atomic E-state index is 12.4. The first kappa shape index (κ1) is 23.4. The van der Waals surface area contributed by atoms with Crippen molar-refractivity contribution in [3.05, 3.63) is 75.4 Å². The maximum Gasteiger partial charge on any atom is 0.414 e. The van der Waals surface area contributed by atoms with Gasteiger partial charge in [-0.05, 0) is 65.9 Å². The van der Waals surface area contributed by atoms with Gasteiger partial charge >= 0.3 is 12.1 Å². The highest BCUT2D eigenvalue weighted by Crippen LogP contribution is 2.33. The van der Waals surface area contributed by atoms with Crippen LogP contribution in [-0.2, 0) is 14.3 Å². The Kier molecular flexibility index (Phi) is 8.81. The molecule has 2 amide bonds. The predicted molar refractivity (Wildman–Crippen MR) is 116 cm³/mol. The second-order valence-corrected chi connectivity index (χ2v) is 7.21. The topological polar surface area (TPSA) is 122 Å². The molecule has 2 atom stereocenters. The van der Waals surface area contributed by atoms with E-state index < -0.39 is 30.2 Å². The number of halogens is 1. The molecular formula is C21H20INO7. The number of carbonyl (C=O) groups excluding carboxylic acids is 2. The minimum absolute atomic E-state index is 0.170. The SMILES string of the molecule is CCO[C@H](/C=C/C(=O)O)[C@H](OC(=O)NC(=O)c1ccccc1)c1cc(I)ccc1O. The van der Waals surface area contributed by atoms with E-state index in [-0.39, 0.29) is 23.5 Å². The predicted octanol–water partition coefficient (Wildman–Crippen LogP) is 3.65. The molecule has 0 radical (unpaired) electrons. The van der Waals surface area contributed by atoms with Gasteiger partial charge in [-0.15, -0.1) is 0 Å². The molecule has 0 aliphatic carbocycles. The highest BCUT2D eigenvalue weighted by atomic mass is 127.